The summed E-state index contributed by atoms with van der Waals surface area (Å²) >= 11 is 0. The lowest BCUT2D eigenvalue weighted by Gasteiger charge is -2.09. The summed E-state index contributed by atoms with van der Waals surface area (Å²) in [4.78, 5) is 11.3. The second-order valence-electron chi connectivity index (χ2n) is 4.21. The van der Waals surface area contributed by atoms with Crippen LogP contribution in [0, 0.1) is 6.92 Å². The van der Waals surface area contributed by atoms with E-state index >= 15 is 0 Å². The molecule has 0 aliphatic carbocycles. The largest absolute Gasteiger partial charge is 0.378 e. The molecule has 0 aliphatic rings. The van der Waals surface area contributed by atoms with Crippen LogP contribution >= 0.6 is 0 Å². The minimum absolute atomic E-state index is 0.0173. The molecule has 0 aromatic heterocycles. The summed E-state index contributed by atoms with van der Waals surface area (Å²) in [6.45, 7) is 1.77. The Bertz CT molecular complexity index is 753. The van der Waals surface area contributed by atoms with Gasteiger partial charge in [-0.15, -0.1) is 0 Å². The van der Waals surface area contributed by atoms with E-state index in [1.165, 1.54) is 24.3 Å². The molecule has 0 unspecified atom stereocenters. The lowest BCUT2D eigenvalue weighted by molar-refractivity contribution is 0.0999. The Kier molecular flexibility index (Phi) is 3.76. The number of primary amides is 1. The van der Waals surface area contributed by atoms with Crippen molar-refractivity contribution in [3.05, 3.63) is 59.7 Å². The lowest BCUT2D eigenvalue weighted by Crippen LogP contribution is -2.16. The van der Waals surface area contributed by atoms with E-state index in [0.717, 1.165) is 5.56 Å². The summed E-state index contributed by atoms with van der Waals surface area (Å²) in [6.07, 6.45) is 0. The van der Waals surface area contributed by atoms with E-state index < -0.39 is 16.0 Å². The highest BCUT2D eigenvalue weighted by Gasteiger charge is 2.19. The molecule has 0 saturated heterocycles. The fourth-order valence-corrected chi connectivity index (χ4v) is 2.73. The summed E-state index contributed by atoms with van der Waals surface area (Å²) < 4.78 is 29.3. The second kappa shape index (κ2) is 5.34. The number of carbonyl (C=O) groups is 1. The van der Waals surface area contributed by atoms with Gasteiger partial charge in [0.1, 0.15) is 4.90 Å². The predicted molar refractivity (Wildman–Crippen MR) is 74.0 cm³/mol. The Morgan fingerprint density at radius 2 is 1.80 bits per heavy atom. The first-order valence-electron chi connectivity index (χ1n) is 5.80. The minimum Gasteiger partial charge on any atom is -0.378 e. The van der Waals surface area contributed by atoms with Crippen molar-refractivity contribution < 1.29 is 17.4 Å². The van der Waals surface area contributed by atoms with Gasteiger partial charge in [-0.2, -0.15) is 8.42 Å². The molecular formula is C14H13NO4S. The Balaban J connectivity index is 2.41. The van der Waals surface area contributed by atoms with Crippen LogP contribution in [0.25, 0.3) is 0 Å². The fourth-order valence-electron chi connectivity index (χ4n) is 1.68. The molecule has 0 aliphatic heterocycles. The maximum absolute atomic E-state index is 12.2. The molecule has 0 heterocycles. The average molecular weight is 291 g/mol. The molecule has 104 valence electrons. The standard InChI is InChI=1S/C14H13NO4S/c1-10-5-4-6-11(9-10)20(17,18)19-13-8-3-2-7-12(13)14(15)16/h2-9H,1H3,(H2,15,16). The summed E-state index contributed by atoms with van der Waals surface area (Å²) in [5.74, 6) is -0.832. The van der Waals surface area contributed by atoms with E-state index in [2.05, 4.69) is 0 Å². The van der Waals surface area contributed by atoms with Crippen LogP contribution in [-0.4, -0.2) is 14.3 Å². The van der Waals surface area contributed by atoms with Crippen LogP contribution < -0.4 is 9.92 Å². The van der Waals surface area contributed by atoms with Gasteiger partial charge >= 0.3 is 10.1 Å². The first-order chi connectivity index (χ1) is 9.40. The van der Waals surface area contributed by atoms with Crippen molar-refractivity contribution in [2.75, 3.05) is 0 Å². The third kappa shape index (κ3) is 2.97. The Hall–Kier alpha value is -2.34. The summed E-state index contributed by atoms with van der Waals surface area (Å²) in [6, 6.07) is 12.2. The van der Waals surface area contributed by atoms with Crippen molar-refractivity contribution in [1.29, 1.82) is 0 Å². The van der Waals surface area contributed by atoms with Gasteiger partial charge in [0.25, 0.3) is 5.91 Å². The predicted octanol–water partition coefficient (Wildman–Crippen LogP) is 1.86. The molecule has 2 rings (SSSR count). The molecule has 0 fully saturated rings. The van der Waals surface area contributed by atoms with E-state index in [-0.39, 0.29) is 16.2 Å². The molecule has 0 spiro atoms. The number of benzene rings is 2. The Morgan fingerprint density at radius 1 is 1.10 bits per heavy atom. The third-order valence-electron chi connectivity index (χ3n) is 2.63. The zero-order valence-corrected chi connectivity index (χ0v) is 11.6. The Morgan fingerprint density at radius 3 is 2.45 bits per heavy atom. The highest BCUT2D eigenvalue weighted by molar-refractivity contribution is 7.87. The van der Waals surface area contributed by atoms with Crippen LogP contribution in [0.2, 0.25) is 0 Å². The van der Waals surface area contributed by atoms with Gasteiger partial charge in [0.15, 0.2) is 5.75 Å². The zero-order valence-electron chi connectivity index (χ0n) is 10.7. The molecule has 0 radical (unpaired) electrons. The SMILES string of the molecule is Cc1cccc(S(=O)(=O)Oc2ccccc2C(N)=O)c1. The van der Waals surface area contributed by atoms with Crippen molar-refractivity contribution in [2.24, 2.45) is 5.73 Å². The van der Waals surface area contributed by atoms with Gasteiger partial charge in [-0.25, -0.2) is 0 Å². The number of nitrogens with two attached hydrogens (primary N) is 1. The zero-order chi connectivity index (χ0) is 14.8. The maximum atomic E-state index is 12.2. The van der Waals surface area contributed by atoms with Gasteiger partial charge in [-0.3, -0.25) is 4.79 Å². The van der Waals surface area contributed by atoms with Crippen LogP contribution in [0.1, 0.15) is 15.9 Å². The lowest BCUT2D eigenvalue weighted by atomic mass is 10.2. The monoisotopic (exact) mass is 291 g/mol. The second-order valence-corrected chi connectivity index (χ2v) is 5.76. The van der Waals surface area contributed by atoms with Crippen LogP contribution in [0.15, 0.2) is 53.4 Å². The van der Waals surface area contributed by atoms with Crippen LogP contribution in [0.5, 0.6) is 5.75 Å². The highest BCUT2D eigenvalue weighted by atomic mass is 32.2. The number of hydrogen-bond donors (Lipinski definition) is 1. The van der Waals surface area contributed by atoms with Gasteiger partial charge in [0, 0.05) is 0 Å². The molecule has 2 N–H and O–H groups in total. The topological polar surface area (TPSA) is 86.5 Å². The third-order valence-corrected chi connectivity index (χ3v) is 3.86. The molecule has 2 aromatic rings. The average Bonchev–Trinajstić information content (AvgIpc) is 2.38. The smallest absolute Gasteiger partial charge is 0.339 e. The molecule has 6 heteroatoms. The molecule has 0 bridgehead atoms. The molecule has 5 nitrogen and oxygen atoms in total. The van der Waals surface area contributed by atoms with E-state index in [9.17, 15) is 13.2 Å². The minimum atomic E-state index is -4.00. The fraction of sp³-hybridized carbons (Fsp3) is 0.0714. The highest BCUT2D eigenvalue weighted by Crippen LogP contribution is 2.23. The number of aryl methyl sites for hydroxylation is 1. The number of rotatable bonds is 4. The molecule has 0 atom stereocenters. The normalized spacial score (nSPS) is 11.1. The van der Waals surface area contributed by atoms with Crippen molar-refractivity contribution >= 4 is 16.0 Å². The van der Waals surface area contributed by atoms with E-state index in [4.69, 9.17) is 9.92 Å². The van der Waals surface area contributed by atoms with Gasteiger partial charge in [0.2, 0.25) is 0 Å². The van der Waals surface area contributed by atoms with Crippen molar-refractivity contribution in [1.82, 2.24) is 0 Å². The molecule has 2 aromatic carbocycles. The van der Waals surface area contributed by atoms with Crippen molar-refractivity contribution in [3.8, 4) is 5.75 Å². The first kappa shape index (κ1) is 14.1. The summed E-state index contributed by atoms with van der Waals surface area (Å²) in [5, 5.41) is 0. The molecule has 20 heavy (non-hydrogen) atoms. The van der Waals surface area contributed by atoms with Crippen molar-refractivity contribution in [2.45, 2.75) is 11.8 Å². The van der Waals surface area contributed by atoms with Gasteiger partial charge in [0.05, 0.1) is 5.56 Å². The number of carbonyl (C=O) groups excluding carboxylic acids is 1. The number of amides is 1. The van der Waals surface area contributed by atoms with E-state index in [1.54, 1.807) is 31.2 Å². The van der Waals surface area contributed by atoms with Gasteiger partial charge < -0.3 is 9.92 Å². The van der Waals surface area contributed by atoms with Crippen LogP contribution in [-0.2, 0) is 10.1 Å². The number of hydrogen-bond acceptors (Lipinski definition) is 4. The Labute approximate surface area is 117 Å². The van der Waals surface area contributed by atoms with Gasteiger partial charge in [-0.05, 0) is 36.8 Å². The maximum Gasteiger partial charge on any atom is 0.339 e. The van der Waals surface area contributed by atoms with E-state index in [1.807, 2.05) is 0 Å². The quantitative estimate of drug-likeness (QED) is 0.871. The first-order valence-corrected chi connectivity index (χ1v) is 7.21. The van der Waals surface area contributed by atoms with Gasteiger partial charge in [-0.1, -0.05) is 24.3 Å². The molecule has 0 saturated carbocycles. The van der Waals surface area contributed by atoms with Crippen LogP contribution in [0.4, 0.5) is 0 Å². The van der Waals surface area contributed by atoms with Crippen LogP contribution in [0.3, 0.4) is 0 Å². The number of para-hydroxylation sites is 1. The summed E-state index contributed by atoms with van der Waals surface area (Å²) in [7, 11) is -4.00. The summed E-state index contributed by atoms with van der Waals surface area (Å²) in [5.41, 5.74) is 5.99. The van der Waals surface area contributed by atoms with Crippen molar-refractivity contribution in [3.63, 3.8) is 0 Å². The van der Waals surface area contributed by atoms with E-state index in [0.29, 0.717) is 0 Å². The molecular weight excluding hydrogens is 278 g/mol. The molecule has 1 amide bonds.